The summed E-state index contributed by atoms with van der Waals surface area (Å²) < 4.78 is 11.0. The molecule has 1 aromatic rings. The van der Waals surface area contributed by atoms with Gasteiger partial charge in [0, 0.05) is 0 Å². The van der Waals surface area contributed by atoms with Gasteiger partial charge in [0.15, 0.2) is 0 Å². The highest BCUT2D eigenvalue weighted by molar-refractivity contribution is 6.19. The third kappa shape index (κ3) is 4.20. The van der Waals surface area contributed by atoms with Crippen molar-refractivity contribution in [1.29, 1.82) is 0 Å². The summed E-state index contributed by atoms with van der Waals surface area (Å²) in [5, 5.41) is 0. The van der Waals surface area contributed by atoms with Gasteiger partial charge in [-0.1, -0.05) is 18.8 Å². The Morgan fingerprint density at radius 1 is 1.41 bits per heavy atom. The molecule has 92 valence electrons. The molecule has 0 aliphatic carbocycles. The standard InChI is InChI=1S/C14H17ClO2/c1-4-11(2)17-14-8-7-13(16-3)10-12(14)6-5-9-15/h7-8,10-11H,4,9H2,1-3H3. The number of rotatable bonds is 4. The second-order valence-electron chi connectivity index (χ2n) is 3.63. The number of ether oxygens (including phenoxy) is 2. The van der Waals surface area contributed by atoms with Crippen LogP contribution in [0.5, 0.6) is 11.5 Å². The molecule has 1 aromatic carbocycles. The summed E-state index contributed by atoms with van der Waals surface area (Å²) in [4.78, 5) is 0. The highest BCUT2D eigenvalue weighted by atomic mass is 35.5. The maximum absolute atomic E-state index is 5.79. The van der Waals surface area contributed by atoms with Crippen molar-refractivity contribution in [2.45, 2.75) is 26.4 Å². The fourth-order valence-electron chi connectivity index (χ4n) is 1.27. The van der Waals surface area contributed by atoms with E-state index < -0.39 is 0 Å². The maximum atomic E-state index is 5.79. The van der Waals surface area contributed by atoms with E-state index in [4.69, 9.17) is 21.1 Å². The summed E-state index contributed by atoms with van der Waals surface area (Å²) in [6.45, 7) is 4.11. The highest BCUT2D eigenvalue weighted by Gasteiger charge is 2.07. The van der Waals surface area contributed by atoms with Gasteiger partial charge >= 0.3 is 0 Å². The SMILES string of the molecule is CCC(C)Oc1ccc(OC)cc1C#CCCl. The average Bonchev–Trinajstić information content (AvgIpc) is 2.37. The van der Waals surface area contributed by atoms with Gasteiger partial charge in [-0.2, -0.15) is 0 Å². The Bertz CT molecular complexity index is 418. The number of halogens is 1. The van der Waals surface area contributed by atoms with Gasteiger partial charge in [-0.3, -0.25) is 0 Å². The lowest BCUT2D eigenvalue weighted by atomic mass is 10.2. The predicted molar refractivity (Wildman–Crippen MR) is 71.0 cm³/mol. The first-order chi connectivity index (χ1) is 8.21. The van der Waals surface area contributed by atoms with Crippen LogP contribution in [0.15, 0.2) is 18.2 Å². The Kier molecular flexibility index (Phi) is 5.72. The van der Waals surface area contributed by atoms with E-state index in [1.54, 1.807) is 7.11 Å². The van der Waals surface area contributed by atoms with E-state index in [-0.39, 0.29) is 6.10 Å². The fraction of sp³-hybridized carbons (Fsp3) is 0.429. The van der Waals surface area contributed by atoms with Gasteiger partial charge in [0.05, 0.1) is 24.7 Å². The quantitative estimate of drug-likeness (QED) is 0.604. The third-order valence-electron chi connectivity index (χ3n) is 2.38. The van der Waals surface area contributed by atoms with Crippen molar-refractivity contribution < 1.29 is 9.47 Å². The minimum absolute atomic E-state index is 0.167. The monoisotopic (exact) mass is 252 g/mol. The number of benzene rings is 1. The summed E-state index contributed by atoms with van der Waals surface area (Å²) in [5.74, 6) is 7.65. The molecule has 0 spiro atoms. The van der Waals surface area contributed by atoms with Gasteiger partial charge in [-0.05, 0) is 31.5 Å². The van der Waals surface area contributed by atoms with Crippen LogP contribution in [0.3, 0.4) is 0 Å². The third-order valence-corrected chi connectivity index (χ3v) is 2.51. The zero-order chi connectivity index (χ0) is 12.7. The van der Waals surface area contributed by atoms with Crippen molar-refractivity contribution in [3.8, 4) is 23.3 Å². The summed E-state index contributed by atoms with van der Waals surface area (Å²) in [5.41, 5.74) is 0.810. The zero-order valence-corrected chi connectivity index (χ0v) is 11.2. The molecular formula is C14H17ClO2. The predicted octanol–water partition coefficient (Wildman–Crippen LogP) is 3.46. The molecule has 1 atom stereocenters. The molecule has 3 heteroatoms. The first kappa shape index (κ1) is 13.7. The van der Waals surface area contributed by atoms with E-state index in [1.807, 2.05) is 25.1 Å². The first-order valence-electron chi connectivity index (χ1n) is 5.60. The normalized spacial score (nSPS) is 11.3. The van der Waals surface area contributed by atoms with Crippen LogP contribution < -0.4 is 9.47 Å². The molecule has 0 heterocycles. The molecule has 0 saturated carbocycles. The molecule has 0 bridgehead atoms. The topological polar surface area (TPSA) is 18.5 Å². The molecule has 0 N–H and O–H groups in total. The van der Waals surface area contributed by atoms with Gasteiger partial charge in [0.2, 0.25) is 0 Å². The number of methoxy groups -OCH3 is 1. The molecule has 0 radical (unpaired) electrons. The first-order valence-corrected chi connectivity index (χ1v) is 6.14. The Morgan fingerprint density at radius 2 is 2.18 bits per heavy atom. The van der Waals surface area contributed by atoms with Crippen LogP contribution in [0, 0.1) is 11.8 Å². The average molecular weight is 253 g/mol. The van der Waals surface area contributed by atoms with Gasteiger partial charge in [-0.15, -0.1) is 11.6 Å². The number of hydrogen-bond donors (Lipinski definition) is 0. The number of hydrogen-bond acceptors (Lipinski definition) is 2. The Balaban J connectivity index is 3.01. The highest BCUT2D eigenvalue weighted by Crippen LogP contribution is 2.24. The van der Waals surface area contributed by atoms with Crippen molar-refractivity contribution in [3.05, 3.63) is 23.8 Å². The van der Waals surface area contributed by atoms with Crippen molar-refractivity contribution in [2.75, 3.05) is 13.0 Å². The molecule has 0 saturated heterocycles. The van der Waals surface area contributed by atoms with Gasteiger partial charge in [0.1, 0.15) is 11.5 Å². The molecular weight excluding hydrogens is 236 g/mol. The zero-order valence-electron chi connectivity index (χ0n) is 10.4. The summed E-state index contributed by atoms with van der Waals surface area (Å²) >= 11 is 5.56. The lowest BCUT2D eigenvalue weighted by Gasteiger charge is -2.14. The van der Waals surface area contributed by atoms with E-state index in [1.165, 1.54) is 0 Å². The van der Waals surface area contributed by atoms with Crippen LogP contribution in [-0.2, 0) is 0 Å². The molecule has 0 fully saturated rings. The van der Waals surface area contributed by atoms with Crippen molar-refractivity contribution in [3.63, 3.8) is 0 Å². The van der Waals surface area contributed by atoms with Gasteiger partial charge in [-0.25, -0.2) is 0 Å². The Labute approximate surface area is 108 Å². The molecule has 0 aliphatic heterocycles. The lowest BCUT2D eigenvalue weighted by molar-refractivity contribution is 0.216. The van der Waals surface area contributed by atoms with Gasteiger partial charge in [0.25, 0.3) is 0 Å². The smallest absolute Gasteiger partial charge is 0.135 e. The molecule has 0 amide bonds. The van der Waals surface area contributed by atoms with Crippen molar-refractivity contribution >= 4 is 11.6 Å². The minimum atomic E-state index is 0.167. The fourth-order valence-corrected chi connectivity index (χ4v) is 1.33. The van der Waals surface area contributed by atoms with E-state index in [2.05, 4.69) is 18.8 Å². The number of alkyl halides is 1. The summed E-state index contributed by atoms with van der Waals surface area (Å²) in [6, 6.07) is 5.60. The van der Waals surface area contributed by atoms with E-state index in [0.717, 1.165) is 23.5 Å². The molecule has 2 nitrogen and oxygen atoms in total. The minimum Gasteiger partial charge on any atom is -0.497 e. The lowest BCUT2D eigenvalue weighted by Crippen LogP contribution is -2.10. The van der Waals surface area contributed by atoms with E-state index in [0.29, 0.717) is 5.88 Å². The maximum Gasteiger partial charge on any atom is 0.135 e. The van der Waals surface area contributed by atoms with E-state index >= 15 is 0 Å². The van der Waals surface area contributed by atoms with Crippen molar-refractivity contribution in [2.24, 2.45) is 0 Å². The van der Waals surface area contributed by atoms with Crippen LogP contribution in [0.2, 0.25) is 0 Å². The summed E-state index contributed by atoms with van der Waals surface area (Å²) in [6.07, 6.45) is 1.12. The summed E-state index contributed by atoms with van der Waals surface area (Å²) in [7, 11) is 1.63. The Morgan fingerprint density at radius 3 is 2.76 bits per heavy atom. The van der Waals surface area contributed by atoms with Crippen LogP contribution in [0.4, 0.5) is 0 Å². The largest absolute Gasteiger partial charge is 0.497 e. The second-order valence-corrected chi connectivity index (χ2v) is 3.90. The van der Waals surface area contributed by atoms with Crippen LogP contribution in [0.25, 0.3) is 0 Å². The Hall–Kier alpha value is -1.33. The molecule has 1 rings (SSSR count). The van der Waals surface area contributed by atoms with E-state index in [9.17, 15) is 0 Å². The molecule has 0 aromatic heterocycles. The molecule has 1 unspecified atom stereocenters. The van der Waals surface area contributed by atoms with Crippen LogP contribution >= 0.6 is 11.6 Å². The van der Waals surface area contributed by atoms with Crippen molar-refractivity contribution in [1.82, 2.24) is 0 Å². The van der Waals surface area contributed by atoms with Crippen LogP contribution in [-0.4, -0.2) is 19.1 Å². The second kappa shape index (κ2) is 7.09. The van der Waals surface area contributed by atoms with Crippen LogP contribution in [0.1, 0.15) is 25.8 Å². The molecule has 17 heavy (non-hydrogen) atoms. The molecule has 0 aliphatic rings. The van der Waals surface area contributed by atoms with Gasteiger partial charge < -0.3 is 9.47 Å².